The average Bonchev–Trinajstić information content (AvgIpc) is 2.69. The highest BCUT2D eigenvalue weighted by Gasteiger charge is 2.16. The molecule has 1 N–H and O–H groups in total. The molecule has 1 aliphatic rings. The third-order valence-electron chi connectivity index (χ3n) is 3.71. The van der Waals surface area contributed by atoms with E-state index >= 15 is 0 Å². The minimum absolute atomic E-state index is 0.259. The molecule has 3 rings (SSSR count). The topological polar surface area (TPSA) is 21.3 Å². The number of benzene rings is 2. The van der Waals surface area contributed by atoms with Gasteiger partial charge in [-0.3, -0.25) is 0 Å². The number of anilines is 1. The predicted molar refractivity (Wildman–Crippen MR) is 86.0 cm³/mol. The van der Waals surface area contributed by atoms with Gasteiger partial charge in [-0.05, 0) is 36.1 Å². The van der Waals surface area contributed by atoms with E-state index in [0.717, 1.165) is 23.9 Å². The molecule has 104 valence electrons. The first-order chi connectivity index (χ1) is 9.83. The fraction of sp³-hybridized carbons (Fsp3) is 0.294. The van der Waals surface area contributed by atoms with Gasteiger partial charge in [0.2, 0.25) is 0 Å². The van der Waals surface area contributed by atoms with Gasteiger partial charge < -0.3 is 10.1 Å². The van der Waals surface area contributed by atoms with Gasteiger partial charge in [0.15, 0.2) is 0 Å². The first-order valence-corrected chi connectivity index (χ1v) is 7.79. The number of nitrogens with one attached hydrogen (secondary N) is 1. The van der Waals surface area contributed by atoms with Crippen molar-refractivity contribution in [1.29, 1.82) is 0 Å². The predicted octanol–water partition coefficient (Wildman–Crippen LogP) is 4.39. The third-order valence-corrected chi connectivity index (χ3v) is 4.48. The van der Waals surface area contributed by atoms with E-state index in [1.807, 2.05) is 12.1 Å². The zero-order chi connectivity index (χ0) is 13.8. The van der Waals surface area contributed by atoms with E-state index in [2.05, 4.69) is 57.6 Å². The molecule has 2 aromatic carbocycles. The third kappa shape index (κ3) is 3.22. The van der Waals surface area contributed by atoms with Crippen molar-refractivity contribution in [3.63, 3.8) is 0 Å². The molecule has 2 nitrogen and oxygen atoms in total. The molecule has 1 atom stereocenters. The molecule has 3 heteroatoms. The lowest BCUT2D eigenvalue weighted by atomic mass is 10.1. The molecule has 0 fully saturated rings. The molecule has 1 aliphatic heterocycles. The summed E-state index contributed by atoms with van der Waals surface area (Å²) in [4.78, 5) is 0. The number of para-hydroxylation sites is 1. The second-order valence-electron chi connectivity index (χ2n) is 5.10. The summed E-state index contributed by atoms with van der Waals surface area (Å²) in [6.45, 7) is 1.53. The van der Waals surface area contributed by atoms with E-state index < -0.39 is 0 Å². The number of fused-ring (bicyclic) bond motifs is 1. The van der Waals surface area contributed by atoms with Crippen LogP contribution in [0.5, 0.6) is 0 Å². The number of hydrogen-bond donors (Lipinski definition) is 1. The number of hydrogen-bond acceptors (Lipinski definition) is 2. The SMILES string of the molecule is Brc1ccccc1COC1CCc2ccccc2NC1. The fourth-order valence-corrected chi connectivity index (χ4v) is 2.92. The lowest BCUT2D eigenvalue weighted by Gasteiger charge is -2.16. The maximum atomic E-state index is 6.07. The van der Waals surface area contributed by atoms with Crippen molar-refractivity contribution < 1.29 is 4.74 Å². The van der Waals surface area contributed by atoms with Gasteiger partial charge in [0, 0.05) is 16.7 Å². The maximum Gasteiger partial charge on any atom is 0.0755 e. The minimum Gasteiger partial charge on any atom is -0.382 e. The standard InChI is InChI=1S/C17H18BrNO/c18-16-7-3-1-6-14(16)12-20-15-10-9-13-5-2-4-8-17(13)19-11-15/h1-8,15,19H,9-12H2. The Labute approximate surface area is 128 Å². The molecule has 0 aromatic heterocycles. The molecule has 0 bridgehead atoms. The highest BCUT2D eigenvalue weighted by atomic mass is 79.9. The van der Waals surface area contributed by atoms with Crippen LogP contribution >= 0.6 is 15.9 Å². The monoisotopic (exact) mass is 331 g/mol. The summed E-state index contributed by atoms with van der Waals surface area (Å²) in [5.74, 6) is 0. The van der Waals surface area contributed by atoms with Crippen molar-refractivity contribution in [2.75, 3.05) is 11.9 Å². The Bertz CT molecular complexity index is 558. The zero-order valence-corrected chi connectivity index (χ0v) is 12.9. The van der Waals surface area contributed by atoms with Crippen LogP contribution in [0.2, 0.25) is 0 Å². The van der Waals surface area contributed by atoms with Crippen LogP contribution in [0.25, 0.3) is 0 Å². The smallest absolute Gasteiger partial charge is 0.0755 e. The van der Waals surface area contributed by atoms with E-state index in [4.69, 9.17) is 4.74 Å². The number of ether oxygens (including phenoxy) is 1. The second kappa shape index (κ2) is 6.42. The lowest BCUT2D eigenvalue weighted by Crippen LogP contribution is -2.21. The van der Waals surface area contributed by atoms with Gasteiger partial charge in [-0.15, -0.1) is 0 Å². The average molecular weight is 332 g/mol. The van der Waals surface area contributed by atoms with Crippen molar-refractivity contribution in [2.45, 2.75) is 25.6 Å². The van der Waals surface area contributed by atoms with Gasteiger partial charge in [-0.2, -0.15) is 0 Å². The van der Waals surface area contributed by atoms with Crippen LogP contribution in [0, 0.1) is 0 Å². The van der Waals surface area contributed by atoms with Gasteiger partial charge in [-0.25, -0.2) is 0 Å². The molecule has 1 heterocycles. The summed E-state index contributed by atoms with van der Waals surface area (Å²) in [6, 6.07) is 16.7. The van der Waals surface area contributed by atoms with Crippen molar-refractivity contribution in [2.24, 2.45) is 0 Å². The van der Waals surface area contributed by atoms with Crippen molar-refractivity contribution in [3.8, 4) is 0 Å². The summed E-state index contributed by atoms with van der Waals surface area (Å²) in [7, 11) is 0. The molecular weight excluding hydrogens is 314 g/mol. The molecule has 0 amide bonds. The first kappa shape index (κ1) is 13.7. The van der Waals surface area contributed by atoms with Crippen LogP contribution in [0.4, 0.5) is 5.69 Å². The molecular formula is C17H18BrNO. The Morgan fingerprint density at radius 3 is 2.80 bits per heavy atom. The summed E-state index contributed by atoms with van der Waals surface area (Å²) < 4.78 is 7.18. The van der Waals surface area contributed by atoms with Crippen molar-refractivity contribution in [3.05, 3.63) is 64.1 Å². The zero-order valence-electron chi connectivity index (χ0n) is 11.3. The quantitative estimate of drug-likeness (QED) is 0.900. The second-order valence-corrected chi connectivity index (χ2v) is 5.96. The van der Waals surface area contributed by atoms with Crippen LogP contribution in [-0.4, -0.2) is 12.6 Å². The van der Waals surface area contributed by atoms with Gasteiger partial charge in [0.1, 0.15) is 0 Å². The fourth-order valence-electron chi connectivity index (χ4n) is 2.52. The molecule has 0 aliphatic carbocycles. The summed E-state index contributed by atoms with van der Waals surface area (Å²) in [5, 5.41) is 3.49. The van der Waals surface area contributed by atoms with Gasteiger partial charge in [0.25, 0.3) is 0 Å². The molecule has 2 aromatic rings. The van der Waals surface area contributed by atoms with Gasteiger partial charge >= 0.3 is 0 Å². The van der Waals surface area contributed by atoms with Gasteiger partial charge in [0.05, 0.1) is 12.7 Å². The summed E-state index contributed by atoms with van der Waals surface area (Å²) in [6.07, 6.45) is 2.40. The largest absolute Gasteiger partial charge is 0.382 e. The summed E-state index contributed by atoms with van der Waals surface area (Å²) in [5.41, 5.74) is 3.84. The Balaban J connectivity index is 1.59. The molecule has 20 heavy (non-hydrogen) atoms. The molecule has 0 spiro atoms. The number of aryl methyl sites for hydroxylation is 1. The van der Waals surface area contributed by atoms with Crippen molar-refractivity contribution >= 4 is 21.6 Å². The highest BCUT2D eigenvalue weighted by Crippen LogP contribution is 2.23. The van der Waals surface area contributed by atoms with Crippen LogP contribution in [0.3, 0.4) is 0 Å². The molecule has 1 unspecified atom stereocenters. The lowest BCUT2D eigenvalue weighted by molar-refractivity contribution is 0.0445. The molecule has 0 radical (unpaired) electrons. The normalized spacial score (nSPS) is 17.9. The van der Waals surface area contributed by atoms with E-state index in [0.29, 0.717) is 6.61 Å². The van der Waals surface area contributed by atoms with Gasteiger partial charge in [-0.1, -0.05) is 52.3 Å². The maximum absolute atomic E-state index is 6.07. The Morgan fingerprint density at radius 2 is 1.90 bits per heavy atom. The Kier molecular flexibility index (Phi) is 4.38. The van der Waals surface area contributed by atoms with E-state index in [-0.39, 0.29) is 6.10 Å². The van der Waals surface area contributed by atoms with Crippen LogP contribution in [-0.2, 0) is 17.8 Å². The number of halogens is 1. The van der Waals surface area contributed by atoms with Crippen LogP contribution in [0.1, 0.15) is 17.5 Å². The highest BCUT2D eigenvalue weighted by molar-refractivity contribution is 9.10. The van der Waals surface area contributed by atoms with Crippen LogP contribution in [0.15, 0.2) is 53.0 Å². The van der Waals surface area contributed by atoms with E-state index in [9.17, 15) is 0 Å². The number of rotatable bonds is 3. The van der Waals surface area contributed by atoms with E-state index in [1.165, 1.54) is 16.8 Å². The van der Waals surface area contributed by atoms with Crippen LogP contribution < -0.4 is 5.32 Å². The molecule has 0 saturated carbocycles. The van der Waals surface area contributed by atoms with Crippen molar-refractivity contribution in [1.82, 2.24) is 0 Å². The Morgan fingerprint density at radius 1 is 1.10 bits per heavy atom. The molecule has 0 saturated heterocycles. The first-order valence-electron chi connectivity index (χ1n) is 7.00. The minimum atomic E-state index is 0.259. The summed E-state index contributed by atoms with van der Waals surface area (Å²) >= 11 is 3.56. The van der Waals surface area contributed by atoms with E-state index in [1.54, 1.807) is 0 Å². The Hall–Kier alpha value is -1.32.